The van der Waals surface area contributed by atoms with Gasteiger partial charge in [0.25, 0.3) is 5.91 Å². The molecular formula is C24H25FN2O4. The van der Waals surface area contributed by atoms with Gasteiger partial charge in [-0.05, 0) is 36.4 Å². The van der Waals surface area contributed by atoms with Gasteiger partial charge in [0.15, 0.2) is 0 Å². The van der Waals surface area contributed by atoms with Crippen LogP contribution in [0.4, 0.5) is 4.39 Å². The van der Waals surface area contributed by atoms with Gasteiger partial charge in [0, 0.05) is 49.2 Å². The number of carbonyl (C=O) groups is 2. The summed E-state index contributed by atoms with van der Waals surface area (Å²) >= 11 is 0. The van der Waals surface area contributed by atoms with Gasteiger partial charge in [-0.25, -0.2) is 4.39 Å². The van der Waals surface area contributed by atoms with Gasteiger partial charge in [-0.1, -0.05) is 6.08 Å². The number of ether oxygens (including phenoxy) is 2. The monoisotopic (exact) mass is 424 g/mol. The minimum atomic E-state index is -0.402. The molecule has 0 spiro atoms. The average Bonchev–Trinajstić information content (AvgIpc) is 2.78. The van der Waals surface area contributed by atoms with Gasteiger partial charge in [0.1, 0.15) is 17.3 Å². The highest BCUT2D eigenvalue weighted by Crippen LogP contribution is 2.42. The number of halogens is 1. The zero-order valence-electron chi connectivity index (χ0n) is 17.4. The smallest absolute Gasteiger partial charge is 0.254 e. The number of fused-ring (bicyclic) bond motifs is 3. The number of methoxy groups -OCH3 is 1. The molecule has 2 aromatic carbocycles. The molecule has 2 aromatic rings. The lowest BCUT2D eigenvalue weighted by Gasteiger charge is -2.44. The predicted molar refractivity (Wildman–Crippen MR) is 114 cm³/mol. The van der Waals surface area contributed by atoms with E-state index in [4.69, 9.17) is 9.47 Å². The van der Waals surface area contributed by atoms with Crippen molar-refractivity contribution >= 4 is 11.8 Å². The second-order valence-corrected chi connectivity index (χ2v) is 7.76. The summed E-state index contributed by atoms with van der Waals surface area (Å²) in [6, 6.07) is 10.8. The third kappa shape index (κ3) is 4.13. The summed E-state index contributed by atoms with van der Waals surface area (Å²) in [6.07, 6.45) is 1.91. The molecule has 0 radical (unpaired) electrons. The Bertz CT molecular complexity index is 992. The van der Waals surface area contributed by atoms with Crippen molar-refractivity contribution in [3.05, 3.63) is 72.1 Å². The quantitative estimate of drug-likeness (QED) is 0.706. The molecule has 4 rings (SSSR count). The molecule has 0 saturated carbocycles. The summed E-state index contributed by atoms with van der Waals surface area (Å²) in [5.41, 5.74) is 1.26. The fourth-order valence-electron chi connectivity index (χ4n) is 4.34. The standard InChI is InChI=1S/C24H25FN2O4/c1-3-11-26-14-17-15-31-21-13-19(30-2)8-9-20(21)23(17)27(12-10-22(26)28)24(29)16-4-6-18(25)7-5-16/h3-9,13,17,23H,1,10-12,14-15H2,2H3/t17-,23-/m0/s1. The maximum atomic E-state index is 13.5. The molecule has 0 unspecified atom stereocenters. The van der Waals surface area contributed by atoms with E-state index < -0.39 is 5.82 Å². The van der Waals surface area contributed by atoms with E-state index in [1.54, 1.807) is 23.0 Å². The van der Waals surface area contributed by atoms with Crippen LogP contribution in [0, 0.1) is 11.7 Å². The van der Waals surface area contributed by atoms with Crippen LogP contribution < -0.4 is 9.47 Å². The molecule has 7 heteroatoms. The minimum absolute atomic E-state index is 0.0317. The molecule has 1 fully saturated rings. The Kier molecular flexibility index (Phi) is 5.93. The highest BCUT2D eigenvalue weighted by atomic mass is 19.1. The normalized spacial score (nSPS) is 20.6. The third-order valence-corrected chi connectivity index (χ3v) is 5.85. The Hall–Kier alpha value is -3.35. The maximum Gasteiger partial charge on any atom is 0.254 e. The number of benzene rings is 2. The van der Waals surface area contributed by atoms with Crippen molar-refractivity contribution in [3.63, 3.8) is 0 Å². The van der Waals surface area contributed by atoms with Crippen LogP contribution in [0.5, 0.6) is 11.5 Å². The Morgan fingerprint density at radius 1 is 1.29 bits per heavy atom. The lowest BCUT2D eigenvalue weighted by atomic mass is 9.87. The summed E-state index contributed by atoms with van der Waals surface area (Å²) in [4.78, 5) is 29.7. The molecule has 2 amide bonds. The van der Waals surface area contributed by atoms with Gasteiger partial charge < -0.3 is 19.3 Å². The molecule has 1 saturated heterocycles. The first-order valence-electron chi connectivity index (χ1n) is 10.3. The van der Waals surface area contributed by atoms with Gasteiger partial charge in [-0.2, -0.15) is 0 Å². The Balaban J connectivity index is 1.76. The fourth-order valence-corrected chi connectivity index (χ4v) is 4.34. The first-order chi connectivity index (χ1) is 15.0. The van der Waals surface area contributed by atoms with Gasteiger partial charge in [0.2, 0.25) is 5.91 Å². The number of rotatable bonds is 4. The first kappa shape index (κ1) is 20.9. The van der Waals surface area contributed by atoms with Crippen molar-refractivity contribution in [2.75, 3.05) is 33.4 Å². The molecule has 162 valence electrons. The van der Waals surface area contributed by atoms with Crippen LogP contribution in [0.2, 0.25) is 0 Å². The lowest BCUT2D eigenvalue weighted by molar-refractivity contribution is -0.133. The number of hydrogen-bond acceptors (Lipinski definition) is 4. The first-order valence-corrected chi connectivity index (χ1v) is 10.3. The second-order valence-electron chi connectivity index (χ2n) is 7.76. The largest absolute Gasteiger partial charge is 0.497 e. The van der Waals surface area contributed by atoms with Crippen LogP contribution in [0.1, 0.15) is 28.4 Å². The van der Waals surface area contributed by atoms with E-state index in [1.165, 1.54) is 24.3 Å². The summed E-state index contributed by atoms with van der Waals surface area (Å²) < 4.78 is 24.7. The van der Waals surface area contributed by atoms with E-state index in [9.17, 15) is 14.0 Å². The van der Waals surface area contributed by atoms with Gasteiger partial charge in [0.05, 0.1) is 19.8 Å². The molecular weight excluding hydrogens is 399 g/mol. The van der Waals surface area contributed by atoms with Gasteiger partial charge in [-0.15, -0.1) is 6.58 Å². The van der Waals surface area contributed by atoms with E-state index in [2.05, 4.69) is 6.58 Å². The Morgan fingerprint density at radius 3 is 2.77 bits per heavy atom. The van der Waals surface area contributed by atoms with Crippen molar-refractivity contribution in [3.8, 4) is 11.5 Å². The number of carbonyl (C=O) groups excluding carboxylic acids is 2. The van der Waals surface area contributed by atoms with E-state index in [0.717, 1.165) is 5.56 Å². The van der Waals surface area contributed by atoms with Crippen LogP contribution >= 0.6 is 0 Å². The topological polar surface area (TPSA) is 59.1 Å². The molecule has 6 nitrogen and oxygen atoms in total. The number of nitrogens with zero attached hydrogens (tertiary/aromatic N) is 2. The van der Waals surface area contributed by atoms with Crippen LogP contribution in [0.15, 0.2) is 55.1 Å². The SMILES string of the molecule is C=CCN1C[C@H]2COc3cc(OC)ccc3[C@H]2N(C(=O)c2ccc(F)cc2)CCC1=O. The highest BCUT2D eigenvalue weighted by Gasteiger charge is 2.41. The Labute approximate surface area is 180 Å². The van der Waals surface area contributed by atoms with Crippen LogP contribution in [0.25, 0.3) is 0 Å². The molecule has 0 aliphatic carbocycles. The van der Waals surface area contributed by atoms with E-state index in [0.29, 0.717) is 36.8 Å². The molecule has 0 N–H and O–H groups in total. The maximum absolute atomic E-state index is 13.5. The summed E-state index contributed by atoms with van der Waals surface area (Å²) in [7, 11) is 1.59. The molecule has 0 aromatic heterocycles. The van der Waals surface area contributed by atoms with E-state index >= 15 is 0 Å². The predicted octanol–water partition coefficient (Wildman–Crippen LogP) is 3.44. The van der Waals surface area contributed by atoms with Crippen molar-refractivity contribution in [1.82, 2.24) is 9.80 Å². The minimum Gasteiger partial charge on any atom is -0.497 e. The summed E-state index contributed by atoms with van der Waals surface area (Å²) in [5.74, 6) is 0.553. The van der Waals surface area contributed by atoms with Crippen molar-refractivity contribution in [2.45, 2.75) is 12.5 Å². The summed E-state index contributed by atoms with van der Waals surface area (Å²) in [6.45, 7) is 5.28. The van der Waals surface area contributed by atoms with Gasteiger partial charge >= 0.3 is 0 Å². The molecule has 2 heterocycles. The molecule has 2 atom stereocenters. The fraction of sp³-hybridized carbons (Fsp3) is 0.333. The lowest BCUT2D eigenvalue weighted by Crippen LogP contribution is -2.51. The van der Waals surface area contributed by atoms with Crippen molar-refractivity contribution in [1.29, 1.82) is 0 Å². The van der Waals surface area contributed by atoms with E-state index in [1.807, 2.05) is 18.2 Å². The third-order valence-electron chi connectivity index (χ3n) is 5.85. The number of hydrogen-bond donors (Lipinski definition) is 0. The van der Waals surface area contributed by atoms with Gasteiger partial charge in [-0.3, -0.25) is 9.59 Å². The van der Waals surface area contributed by atoms with Crippen molar-refractivity contribution < 1.29 is 23.5 Å². The highest BCUT2D eigenvalue weighted by molar-refractivity contribution is 5.95. The van der Waals surface area contributed by atoms with Crippen molar-refractivity contribution in [2.24, 2.45) is 5.92 Å². The Morgan fingerprint density at radius 2 is 2.06 bits per heavy atom. The van der Waals surface area contributed by atoms with E-state index in [-0.39, 0.29) is 36.7 Å². The number of amides is 2. The zero-order valence-corrected chi connectivity index (χ0v) is 17.4. The van der Waals surface area contributed by atoms with Crippen LogP contribution in [-0.2, 0) is 4.79 Å². The molecule has 2 aliphatic rings. The van der Waals surface area contributed by atoms with Crippen LogP contribution in [0.3, 0.4) is 0 Å². The summed E-state index contributed by atoms with van der Waals surface area (Å²) in [5, 5.41) is 0. The average molecular weight is 424 g/mol. The molecule has 2 aliphatic heterocycles. The molecule has 31 heavy (non-hydrogen) atoms. The second kappa shape index (κ2) is 8.79. The van der Waals surface area contributed by atoms with Crippen LogP contribution in [-0.4, -0.2) is 55.0 Å². The molecule has 0 bridgehead atoms. The zero-order chi connectivity index (χ0) is 22.0.